The van der Waals surface area contributed by atoms with E-state index >= 15 is 0 Å². The van der Waals surface area contributed by atoms with E-state index in [1.54, 1.807) is 74.7 Å². The minimum atomic E-state index is -0.361. The molecule has 0 unspecified atom stereocenters. The van der Waals surface area contributed by atoms with Crippen LogP contribution in [0.4, 0.5) is 17.1 Å². The van der Waals surface area contributed by atoms with Gasteiger partial charge >= 0.3 is 5.97 Å². The largest absolute Gasteiger partial charge is 0.507 e. The van der Waals surface area contributed by atoms with Gasteiger partial charge in [-0.05, 0) is 66.7 Å². The van der Waals surface area contributed by atoms with Crippen LogP contribution in [-0.4, -0.2) is 36.9 Å². The third-order valence-corrected chi connectivity index (χ3v) is 4.59. The lowest BCUT2D eigenvalue weighted by Crippen LogP contribution is -2.25. The van der Waals surface area contributed by atoms with E-state index in [0.29, 0.717) is 22.7 Å². The zero-order chi connectivity index (χ0) is 25.0. The Balaban J connectivity index is 1.54. The van der Waals surface area contributed by atoms with Crippen LogP contribution in [0, 0.1) is 0 Å². The van der Waals surface area contributed by atoms with Crippen molar-refractivity contribution in [2.24, 2.45) is 15.3 Å². The number of aromatic hydroxyl groups is 1. The smallest absolute Gasteiger partial charge is 0.310 e. The number of benzene rings is 3. The van der Waals surface area contributed by atoms with Crippen molar-refractivity contribution in [3.63, 3.8) is 0 Å². The topological polar surface area (TPSA) is 134 Å². The van der Waals surface area contributed by atoms with Crippen molar-refractivity contribution in [3.05, 3.63) is 72.3 Å². The van der Waals surface area contributed by atoms with E-state index in [0.717, 1.165) is 11.4 Å². The lowest BCUT2D eigenvalue weighted by Gasteiger charge is -2.06. The zero-order valence-corrected chi connectivity index (χ0v) is 19.3. The second-order valence-electron chi connectivity index (χ2n) is 7.14. The van der Waals surface area contributed by atoms with Gasteiger partial charge in [-0.2, -0.15) is 15.3 Å². The van der Waals surface area contributed by atoms with Crippen LogP contribution in [-0.2, 0) is 9.59 Å². The van der Waals surface area contributed by atoms with Gasteiger partial charge in [0.15, 0.2) is 0 Å². The molecule has 0 atom stereocenters. The number of carbonyl (C=O) groups is 2. The first-order valence-corrected chi connectivity index (χ1v) is 10.7. The van der Waals surface area contributed by atoms with Crippen LogP contribution in [0.15, 0.2) is 82.1 Å². The van der Waals surface area contributed by atoms with Crippen LogP contribution < -0.4 is 20.2 Å². The van der Waals surface area contributed by atoms with E-state index in [2.05, 4.69) is 26.1 Å². The van der Waals surface area contributed by atoms with Gasteiger partial charge < -0.3 is 19.9 Å². The number of hydrogen-bond acceptors (Lipinski definition) is 9. The average molecular weight is 476 g/mol. The molecular formula is C25H25N5O5. The van der Waals surface area contributed by atoms with Gasteiger partial charge in [-0.25, -0.2) is 5.43 Å². The predicted octanol–water partition coefficient (Wildman–Crippen LogP) is 4.69. The highest BCUT2D eigenvalue weighted by Crippen LogP contribution is 2.25. The van der Waals surface area contributed by atoms with E-state index in [9.17, 15) is 14.7 Å². The van der Waals surface area contributed by atoms with Crippen LogP contribution in [0.2, 0.25) is 0 Å². The molecule has 0 aromatic heterocycles. The molecule has 3 aromatic rings. The summed E-state index contributed by atoms with van der Waals surface area (Å²) in [4.78, 5) is 23.3. The Kier molecular flexibility index (Phi) is 8.89. The minimum Gasteiger partial charge on any atom is -0.507 e. The molecule has 0 aliphatic heterocycles. The van der Waals surface area contributed by atoms with Gasteiger partial charge in [-0.3, -0.25) is 9.59 Å². The van der Waals surface area contributed by atoms with Gasteiger partial charge in [0.1, 0.15) is 17.2 Å². The minimum absolute atomic E-state index is 0.0142. The first-order chi connectivity index (χ1) is 17.0. The van der Waals surface area contributed by atoms with Crippen molar-refractivity contribution in [2.45, 2.75) is 13.3 Å². The molecule has 0 fully saturated rings. The number of nitrogens with zero attached hydrogens (tertiary/aromatic N) is 3. The number of phenols is 1. The first kappa shape index (κ1) is 24.9. The third kappa shape index (κ3) is 7.97. The van der Waals surface area contributed by atoms with Crippen molar-refractivity contribution < 1.29 is 24.2 Å². The van der Waals surface area contributed by atoms with Gasteiger partial charge in [0.05, 0.1) is 31.2 Å². The predicted molar refractivity (Wildman–Crippen MR) is 132 cm³/mol. The Morgan fingerprint density at radius 2 is 1.60 bits per heavy atom. The number of hydrogen-bond donors (Lipinski definition) is 3. The second kappa shape index (κ2) is 12.5. The van der Waals surface area contributed by atoms with E-state index in [1.165, 1.54) is 12.3 Å². The van der Waals surface area contributed by atoms with Crippen LogP contribution in [0.25, 0.3) is 0 Å². The third-order valence-electron chi connectivity index (χ3n) is 4.59. The first-order valence-electron chi connectivity index (χ1n) is 10.7. The number of azo groups is 1. The van der Waals surface area contributed by atoms with E-state index in [1.807, 2.05) is 0 Å². The highest BCUT2D eigenvalue weighted by molar-refractivity contribution is 5.87. The molecule has 10 heteroatoms. The molecule has 0 aliphatic carbocycles. The Morgan fingerprint density at radius 3 is 2.29 bits per heavy atom. The molecule has 0 radical (unpaired) electrons. The number of anilines is 1. The molecule has 3 N–H and O–H groups in total. The number of nitrogens with one attached hydrogen (secondary N) is 2. The SMILES string of the molecule is CCC(=O)Oc1ccc(N=Nc2ccc(O)c(C=NNC(=O)CNc3ccc(OC)cc3)c2)cc1. The Morgan fingerprint density at radius 1 is 0.943 bits per heavy atom. The van der Waals surface area contributed by atoms with Crippen molar-refractivity contribution >= 4 is 35.2 Å². The van der Waals surface area contributed by atoms with Gasteiger partial charge in [-0.15, -0.1) is 0 Å². The number of hydrazone groups is 1. The summed E-state index contributed by atoms with van der Waals surface area (Å²) in [6, 6.07) is 18.4. The average Bonchev–Trinajstić information content (AvgIpc) is 2.88. The molecule has 0 saturated heterocycles. The quantitative estimate of drug-likeness (QED) is 0.128. The van der Waals surface area contributed by atoms with E-state index in [-0.39, 0.29) is 30.6 Å². The Hall–Kier alpha value is -4.73. The summed E-state index contributed by atoms with van der Waals surface area (Å²) in [5, 5.41) is 25.2. The maximum atomic E-state index is 12.0. The molecule has 1 amide bonds. The summed E-state index contributed by atoms with van der Waals surface area (Å²) in [6.45, 7) is 1.73. The van der Waals surface area contributed by atoms with Gasteiger partial charge in [-0.1, -0.05) is 6.92 Å². The molecule has 3 rings (SSSR count). The number of rotatable bonds is 10. The summed E-state index contributed by atoms with van der Waals surface area (Å²) in [5.74, 6) is 0.446. The van der Waals surface area contributed by atoms with Gasteiger partial charge in [0, 0.05) is 17.7 Å². The zero-order valence-electron chi connectivity index (χ0n) is 19.3. The van der Waals surface area contributed by atoms with Crippen molar-refractivity contribution in [1.82, 2.24) is 5.43 Å². The van der Waals surface area contributed by atoms with Crippen LogP contribution in [0.1, 0.15) is 18.9 Å². The lowest BCUT2D eigenvalue weighted by molar-refractivity contribution is -0.134. The number of amides is 1. The highest BCUT2D eigenvalue weighted by atomic mass is 16.5. The van der Waals surface area contributed by atoms with Crippen LogP contribution in [0.3, 0.4) is 0 Å². The van der Waals surface area contributed by atoms with Crippen LogP contribution >= 0.6 is 0 Å². The van der Waals surface area contributed by atoms with Crippen molar-refractivity contribution in [1.29, 1.82) is 0 Å². The Bertz CT molecular complexity index is 1210. The molecule has 180 valence electrons. The molecule has 35 heavy (non-hydrogen) atoms. The molecule has 0 spiro atoms. The molecule has 0 aliphatic rings. The number of esters is 1. The normalized spacial score (nSPS) is 10.9. The molecule has 0 bridgehead atoms. The molecule has 0 heterocycles. The molecule has 0 saturated carbocycles. The van der Waals surface area contributed by atoms with E-state index in [4.69, 9.17) is 9.47 Å². The summed E-state index contributed by atoms with van der Waals surface area (Å²) in [5.41, 5.74) is 4.54. The summed E-state index contributed by atoms with van der Waals surface area (Å²) >= 11 is 0. The Labute approximate surface area is 202 Å². The summed E-state index contributed by atoms with van der Waals surface area (Å²) in [6.07, 6.45) is 1.61. The van der Waals surface area contributed by atoms with Crippen molar-refractivity contribution in [2.75, 3.05) is 19.0 Å². The van der Waals surface area contributed by atoms with Crippen molar-refractivity contribution in [3.8, 4) is 17.2 Å². The number of phenolic OH excluding ortho intramolecular Hbond substituents is 1. The van der Waals surface area contributed by atoms with Gasteiger partial charge in [0.2, 0.25) is 0 Å². The standard InChI is InChI=1S/C25H25N5O5/c1-3-25(33)35-22-11-6-19(7-12-22)28-29-20-8-13-23(31)17(14-20)15-27-30-24(32)16-26-18-4-9-21(34-2)10-5-18/h4-15,26,31H,3,16H2,1-2H3,(H,30,32). The number of carbonyl (C=O) groups excluding carboxylic acids is 2. The van der Waals surface area contributed by atoms with Crippen LogP contribution in [0.5, 0.6) is 17.2 Å². The second-order valence-corrected chi connectivity index (χ2v) is 7.14. The molecular weight excluding hydrogens is 450 g/mol. The maximum absolute atomic E-state index is 12.0. The summed E-state index contributed by atoms with van der Waals surface area (Å²) < 4.78 is 10.2. The number of ether oxygens (including phenoxy) is 2. The fourth-order valence-electron chi connectivity index (χ4n) is 2.71. The lowest BCUT2D eigenvalue weighted by atomic mass is 10.2. The monoisotopic (exact) mass is 475 g/mol. The fraction of sp³-hybridized carbons (Fsp3) is 0.160. The van der Waals surface area contributed by atoms with E-state index < -0.39 is 0 Å². The maximum Gasteiger partial charge on any atom is 0.310 e. The summed E-state index contributed by atoms with van der Waals surface area (Å²) in [7, 11) is 1.58. The number of methoxy groups -OCH3 is 1. The van der Waals surface area contributed by atoms with Gasteiger partial charge in [0.25, 0.3) is 5.91 Å². The molecule has 10 nitrogen and oxygen atoms in total. The highest BCUT2D eigenvalue weighted by Gasteiger charge is 2.04. The molecule has 3 aromatic carbocycles. The fourth-order valence-corrected chi connectivity index (χ4v) is 2.71.